The van der Waals surface area contributed by atoms with E-state index in [0.717, 1.165) is 22.4 Å². The molecule has 2 aromatic rings. The SMILES string of the molecule is COc1ccc(CN(C)CC(=O)NCC(=O)Nc2cccc(C)c2C)cc1OC. The summed E-state index contributed by atoms with van der Waals surface area (Å²) < 4.78 is 10.5. The summed E-state index contributed by atoms with van der Waals surface area (Å²) >= 11 is 0. The molecule has 0 atom stereocenters. The van der Waals surface area contributed by atoms with Crippen molar-refractivity contribution in [3.8, 4) is 11.5 Å². The largest absolute Gasteiger partial charge is 0.493 e. The van der Waals surface area contributed by atoms with Crippen LogP contribution in [0.5, 0.6) is 11.5 Å². The van der Waals surface area contributed by atoms with Gasteiger partial charge in [0, 0.05) is 12.2 Å². The zero-order valence-corrected chi connectivity index (χ0v) is 17.7. The predicted molar refractivity (Wildman–Crippen MR) is 113 cm³/mol. The fourth-order valence-corrected chi connectivity index (χ4v) is 2.91. The van der Waals surface area contributed by atoms with Gasteiger partial charge in [-0.1, -0.05) is 18.2 Å². The van der Waals surface area contributed by atoms with Gasteiger partial charge in [0.1, 0.15) is 0 Å². The van der Waals surface area contributed by atoms with Crippen LogP contribution in [0, 0.1) is 13.8 Å². The normalized spacial score (nSPS) is 10.6. The summed E-state index contributed by atoms with van der Waals surface area (Å²) in [5.41, 5.74) is 3.87. The van der Waals surface area contributed by atoms with Crippen LogP contribution >= 0.6 is 0 Å². The smallest absolute Gasteiger partial charge is 0.243 e. The third kappa shape index (κ3) is 6.50. The number of aryl methyl sites for hydroxylation is 1. The zero-order valence-electron chi connectivity index (χ0n) is 17.7. The first-order valence-corrected chi connectivity index (χ1v) is 9.36. The van der Waals surface area contributed by atoms with E-state index in [9.17, 15) is 9.59 Å². The van der Waals surface area contributed by atoms with Crippen molar-refractivity contribution in [3.63, 3.8) is 0 Å². The van der Waals surface area contributed by atoms with Gasteiger partial charge in [-0.25, -0.2) is 0 Å². The summed E-state index contributed by atoms with van der Waals surface area (Å²) in [6.45, 7) is 4.59. The summed E-state index contributed by atoms with van der Waals surface area (Å²) in [6.07, 6.45) is 0. The van der Waals surface area contributed by atoms with Crippen LogP contribution in [0.25, 0.3) is 0 Å². The van der Waals surface area contributed by atoms with E-state index in [1.807, 2.05) is 62.2 Å². The van der Waals surface area contributed by atoms with Crippen molar-refractivity contribution in [2.45, 2.75) is 20.4 Å². The number of hydrogen-bond acceptors (Lipinski definition) is 5. The minimum atomic E-state index is -0.255. The summed E-state index contributed by atoms with van der Waals surface area (Å²) in [5, 5.41) is 5.49. The van der Waals surface area contributed by atoms with E-state index in [1.54, 1.807) is 14.2 Å². The molecule has 2 N–H and O–H groups in total. The van der Waals surface area contributed by atoms with Gasteiger partial charge in [0.25, 0.3) is 0 Å². The van der Waals surface area contributed by atoms with Crippen LogP contribution in [0.15, 0.2) is 36.4 Å². The molecular formula is C22H29N3O4. The number of nitrogens with zero attached hydrogens (tertiary/aromatic N) is 1. The number of likely N-dealkylation sites (N-methyl/N-ethyl adjacent to an activating group) is 1. The second-order valence-corrected chi connectivity index (χ2v) is 6.93. The Morgan fingerprint density at radius 2 is 1.72 bits per heavy atom. The first-order chi connectivity index (χ1) is 13.8. The van der Waals surface area contributed by atoms with Gasteiger partial charge in [-0.05, 0) is 55.8 Å². The zero-order chi connectivity index (χ0) is 21.4. The number of benzene rings is 2. The van der Waals surface area contributed by atoms with Crippen LogP contribution in [-0.2, 0) is 16.1 Å². The predicted octanol–water partition coefficient (Wildman–Crippen LogP) is 2.51. The first kappa shape index (κ1) is 22.2. The van der Waals surface area contributed by atoms with E-state index in [1.165, 1.54) is 0 Å². The van der Waals surface area contributed by atoms with Crippen LogP contribution < -0.4 is 20.1 Å². The molecule has 0 fully saturated rings. The maximum Gasteiger partial charge on any atom is 0.243 e. The number of methoxy groups -OCH3 is 2. The van der Waals surface area contributed by atoms with Crippen molar-refractivity contribution in [2.75, 3.05) is 39.7 Å². The Kier molecular flexibility index (Phi) is 8.03. The van der Waals surface area contributed by atoms with Crippen LogP contribution in [0.3, 0.4) is 0 Å². The number of carbonyl (C=O) groups is 2. The molecule has 0 aliphatic heterocycles. The molecule has 0 aromatic heterocycles. The van der Waals surface area contributed by atoms with Gasteiger partial charge in [0.2, 0.25) is 11.8 Å². The lowest BCUT2D eigenvalue weighted by Gasteiger charge is -2.17. The van der Waals surface area contributed by atoms with Gasteiger partial charge in [-0.15, -0.1) is 0 Å². The summed E-state index contributed by atoms with van der Waals surface area (Å²) in [5.74, 6) is 0.830. The van der Waals surface area contributed by atoms with Gasteiger partial charge < -0.3 is 20.1 Å². The minimum Gasteiger partial charge on any atom is -0.493 e. The second-order valence-electron chi connectivity index (χ2n) is 6.93. The van der Waals surface area contributed by atoms with E-state index < -0.39 is 0 Å². The lowest BCUT2D eigenvalue weighted by atomic mass is 10.1. The van der Waals surface area contributed by atoms with Crippen LogP contribution in [-0.4, -0.2) is 51.1 Å². The third-order valence-corrected chi connectivity index (χ3v) is 4.64. The molecule has 156 valence electrons. The number of ether oxygens (including phenoxy) is 2. The molecule has 2 amide bonds. The van der Waals surface area contributed by atoms with Crippen molar-refractivity contribution in [2.24, 2.45) is 0 Å². The highest BCUT2D eigenvalue weighted by Crippen LogP contribution is 2.27. The summed E-state index contributed by atoms with van der Waals surface area (Å²) in [7, 11) is 5.01. The van der Waals surface area contributed by atoms with E-state index in [-0.39, 0.29) is 24.9 Å². The van der Waals surface area contributed by atoms with Crippen molar-refractivity contribution in [1.29, 1.82) is 0 Å². The highest BCUT2D eigenvalue weighted by molar-refractivity contribution is 5.95. The number of rotatable bonds is 9. The van der Waals surface area contributed by atoms with Crippen LogP contribution in [0.4, 0.5) is 5.69 Å². The third-order valence-electron chi connectivity index (χ3n) is 4.64. The molecule has 0 heterocycles. The molecule has 0 radical (unpaired) electrons. The lowest BCUT2D eigenvalue weighted by molar-refractivity contribution is -0.124. The highest BCUT2D eigenvalue weighted by atomic mass is 16.5. The maximum absolute atomic E-state index is 12.2. The average molecular weight is 399 g/mol. The number of amides is 2. The van der Waals surface area contributed by atoms with Gasteiger partial charge in [0.05, 0.1) is 27.3 Å². The fraction of sp³-hybridized carbons (Fsp3) is 0.364. The molecule has 0 spiro atoms. The molecule has 0 bridgehead atoms. The van der Waals surface area contributed by atoms with Crippen LogP contribution in [0.1, 0.15) is 16.7 Å². The Bertz CT molecular complexity index is 867. The van der Waals surface area contributed by atoms with Crippen molar-refractivity contribution < 1.29 is 19.1 Å². The lowest BCUT2D eigenvalue weighted by Crippen LogP contribution is -2.39. The molecule has 2 aromatic carbocycles. The quantitative estimate of drug-likeness (QED) is 0.677. The van der Waals surface area contributed by atoms with E-state index in [2.05, 4.69) is 10.6 Å². The standard InChI is InChI=1S/C22H29N3O4/c1-15-7-6-8-18(16(15)2)24-21(26)12-23-22(27)14-25(3)13-17-9-10-19(28-4)20(11-17)29-5/h6-11H,12-14H2,1-5H3,(H,23,27)(H,24,26). The molecule has 0 aliphatic rings. The molecule has 0 saturated heterocycles. The van der Waals surface area contributed by atoms with E-state index in [0.29, 0.717) is 18.0 Å². The maximum atomic E-state index is 12.2. The van der Waals surface area contributed by atoms with Gasteiger partial charge in [-0.3, -0.25) is 14.5 Å². The van der Waals surface area contributed by atoms with Crippen LogP contribution in [0.2, 0.25) is 0 Å². The Morgan fingerprint density at radius 3 is 2.41 bits per heavy atom. The molecule has 2 rings (SSSR count). The number of anilines is 1. The number of hydrogen-bond donors (Lipinski definition) is 2. The van der Waals surface area contributed by atoms with Gasteiger partial charge in [-0.2, -0.15) is 0 Å². The van der Waals surface area contributed by atoms with E-state index in [4.69, 9.17) is 9.47 Å². The number of carbonyl (C=O) groups excluding carboxylic acids is 2. The summed E-state index contributed by atoms with van der Waals surface area (Å²) in [6, 6.07) is 11.4. The Hall–Kier alpha value is -3.06. The average Bonchev–Trinajstić information content (AvgIpc) is 2.69. The molecule has 29 heavy (non-hydrogen) atoms. The molecule has 7 nitrogen and oxygen atoms in total. The van der Waals surface area contributed by atoms with Crippen molar-refractivity contribution in [3.05, 3.63) is 53.1 Å². The molecule has 0 unspecified atom stereocenters. The monoisotopic (exact) mass is 399 g/mol. The first-order valence-electron chi connectivity index (χ1n) is 9.36. The van der Waals surface area contributed by atoms with E-state index >= 15 is 0 Å². The number of nitrogens with one attached hydrogen (secondary N) is 2. The molecule has 0 saturated carbocycles. The van der Waals surface area contributed by atoms with Crippen molar-refractivity contribution in [1.82, 2.24) is 10.2 Å². The summed E-state index contributed by atoms with van der Waals surface area (Å²) in [4.78, 5) is 26.2. The minimum absolute atomic E-state index is 0.0730. The molecule has 0 aliphatic carbocycles. The Labute approximate surface area is 172 Å². The van der Waals surface area contributed by atoms with Gasteiger partial charge >= 0.3 is 0 Å². The molecular weight excluding hydrogens is 370 g/mol. The fourth-order valence-electron chi connectivity index (χ4n) is 2.91. The molecule has 7 heteroatoms. The topological polar surface area (TPSA) is 79.9 Å². The second kappa shape index (κ2) is 10.5. The highest BCUT2D eigenvalue weighted by Gasteiger charge is 2.12. The Balaban J connectivity index is 1.81. The van der Waals surface area contributed by atoms with Crippen molar-refractivity contribution >= 4 is 17.5 Å². The Morgan fingerprint density at radius 1 is 1.00 bits per heavy atom. The van der Waals surface area contributed by atoms with Gasteiger partial charge in [0.15, 0.2) is 11.5 Å².